The summed E-state index contributed by atoms with van der Waals surface area (Å²) in [6.45, 7) is 0. The standard InChI is InChI=1S/C9H7NO3S/c11-14(12)8-3-1-2-7(4-8)9-5-10-6-13-9/h1-6H,(H,11,12). The molecule has 0 bridgehead atoms. The summed E-state index contributed by atoms with van der Waals surface area (Å²) in [6.07, 6.45) is 2.87. The number of nitrogens with zero attached hydrogens (tertiary/aromatic N) is 1. The van der Waals surface area contributed by atoms with Crippen molar-refractivity contribution in [3.8, 4) is 11.3 Å². The maximum atomic E-state index is 10.8. The number of hydrogen-bond acceptors (Lipinski definition) is 3. The summed E-state index contributed by atoms with van der Waals surface area (Å²) in [4.78, 5) is 4.11. The van der Waals surface area contributed by atoms with Gasteiger partial charge in [0.05, 0.1) is 11.1 Å². The molecule has 0 saturated carbocycles. The molecule has 5 heteroatoms. The minimum Gasteiger partial charge on any atom is -0.444 e. The molecule has 1 N–H and O–H groups in total. The lowest BCUT2D eigenvalue weighted by molar-refractivity contribution is 0.564. The van der Waals surface area contributed by atoms with Crippen molar-refractivity contribution in [1.82, 2.24) is 4.98 Å². The fourth-order valence-electron chi connectivity index (χ4n) is 1.12. The molecule has 0 aliphatic rings. The minimum absolute atomic E-state index is 0.346. The van der Waals surface area contributed by atoms with E-state index in [1.165, 1.54) is 6.39 Å². The maximum Gasteiger partial charge on any atom is 0.186 e. The molecule has 1 aromatic heterocycles. The van der Waals surface area contributed by atoms with Crippen LogP contribution in [-0.2, 0) is 11.1 Å². The Morgan fingerprint density at radius 2 is 2.29 bits per heavy atom. The van der Waals surface area contributed by atoms with Crippen molar-refractivity contribution in [2.24, 2.45) is 0 Å². The van der Waals surface area contributed by atoms with Crippen LogP contribution in [0.15, 0.2) is 46.2 Å². The zero-order chi connectivity index (χ0) is 9.97. The molecule has 72 valence electrons. The Bertz CT molecular complexity index is 453. The molecule has 1 aromatic carbocycles. The summed E-state index contributed by atoms with van der Waals surface area (Å²) in [6, 6.07) is 6.66. The highest BCUT2D eigenvalue weighted by molar-refractivity contribution is 7.79. The Balaban J connectivity index is 2.46. The molecule has 2 rings (SSSR count). The predicted molar refractivity (Wildman–Crippen MR) is 51.0 cm³/mol. The van der Waals surface area contributed by atoms with E-state index >= 15 is 0 Å². The van der Waals surface area contributed by atoms with E-state index in [4.69, 9.17) is 8.97 Å². The molecule has 0 amide bonds. The number of rotatable bonds is 2. The normalized spacial score (nSPS) is 12.6. The molecule has 0 aliphatic heterocycles. The van der Waals surface area contributed by atoms with Crippen LogP contribution in [0.4, 0.5) is 0 Å². The zero-order valence-corrected chi connectivity index (χ0v) is 7.90. The van der Waals surface area contributed by atoms with Gasteiger partial charge in [0.1, 0.15) is 0 Å². The first kappa shape index (κ1) is 9.11. The van der Waals surface area contributed by atoms with Crippen molar-refractivity contribution < 1.29 is 13.2 Å². The molecule has 1 unspecified atom stereocenters. The maximum absolute atomic E-state index is 10.8. The van der Waals surface area contributed by atoms with Gasteiger partial charge in [0, 0.05) is 5.56 Å². The molecule has 4 nitrogen and oxygen atoms in total. The number of hydrogen-bond donors (Lipinski definition) is 1. The molecular formula is C9H7NO3S. The highest BCUT2D eigenvalue weighted by Gasteiger charge is 2.04. The van der Waals surface area contributed by atoms with E-state index in [1.54, 1.807) is 30.5 Å². The summed E-state index contributed by atoms with van der Waals surface area (Å²) in [7, 11) is 0. The van der Waals surface area contributed by atoms with E-state index in [-0.39, 0.29) is 0 Å². The van der Waals surface area contributed by atoms with Gasteiger partial charge in [-0.25, -0.2) is 9.19 Å². The van der Waals surface area contributed by atoms with Crippen molar-refractivity contribution in [2.45, 2.75) is 4.90 Å². The molecular weight excluding hydrogens is 202 g/mol. The molecule has 0 fully saturated rings. The summed E-state index contributed by atoms with van der Waals surface area (Å²) in [5.74, 6) is 0.581. The average Bonchev–Trinajstić information content (AvgIpc) is 2.71. The highest BCUT2D eigenvalue weighted by atomic mass is 32.2. The van der Waals surface area contributed by atoms with E-state index in [1.807, 2.05) is 0 Å². The van der Waals surface area contributed by atoms with Crippen molar-refractivity contribution >= 4 is 11.1 Å². The van der Waals surface area contributed by atoms with E-state index in [2.05, 4.69) is 4.98 Å². The second-order valence-electron chi connectivity index (χ2n) is 2.64. The van der Waals surface area contributed by atoms with Gasteiger partial charge in [-0.05, 0) is 12.1 Å². The molecule has 1 atom stereocenters. The van der Waals surface area contributed by atoms with Gasteiger partial charge < -0.3 is 8.97 Å². The lowest BCUT2D eigenvalue weighted by Crippen LogP contribution is -1.87. The first-order valence-corrected chi connectivity index (χ1v) is 4.98. The largest absolute Gasteiger partial charge is 0.444 e. The van der Waals surface area contributed by atoms with Crippen molar-refractivity contribution in [1.29, 1.82) is 0 Å². The van der Waals surface area contributed by atoms with Crippen LogP contribution in [0.3, 0.4) is 0 Å². The molecule has 0 radical (unpaired) electrons. The quantitative estimate of drug-likeness (QED) is 0.767. The Morgan fingerprint density at radius 3 is 2.93 bits per heavy atom. The molecule has 14 heavy (non-hydrogen) atoms. The lowest BCUT2D eigenvalue weighted by Gasteiger charge is -1.97. The average molecular weight is 209 g/mol. The van der Waals surface area contributed by atoms with Gasteiger partial charge in [0.15, 0.2) is 23.2 Å². The first-order valence-electron chi connectivity index (χ1n) is 3.87. The van der Waals surface area contributed by atoms with Crippen LogP contribution in [0.2, 0.25) is 0 Å². The minimum atomic E-state index is -1.96. The Morgan fingerprint density at radius 1 is 1.43 bits per heavy atom. The Labute approximate surface area is 82.9 Å². The van der Waals surface area contributed by atoms with Crippen LogP contribution in [0.25, 0.3) is 11.3 Å². The number of aromatic nitrogens is 1. The summed E-state index contributed by atoms with van der Waals surface area (Å²) < 4.78 is 24.7. The van der Waals surface area contributed by atoms with Gasteiger partial charge in [0.25, 0.3) is 0 Å². The SMILES string of the molecule is O=S(O)c1cccc(-c2cnco2)c1. The van der Waals surface area contributed by atoms with Crippen LogP contribution in [-0.4, -0.2) is 13.7 Å². The predicted octanol–water partition coefficient (Wildman–Crippen LogP) is 1.92. The van der Waals surface area contributed by atoms with Crippen molar-refractivity contribution in [3.63, 3.8) is 0 Å². The van der Waals surface area contributed by atoms with Crippen LogP contribution < -0.4 is 0 Å². The van der Waals surface area contributed by atoms with Gasteiger partial charge in [-0.2, -0.15) is 0 Å². The van der Waals surface area contributed by atoms with E-state index < -0.39 is 11.1 Å². The van der Waals surface area contributed by atoms with Gasteiger partial charge >= 0.3 is 0 Å². The second kappa shape index (κ2) is 3.73. The monoisotopic (exact) mass is 209 g/mol. The topological polar surface area (TPSA) is 63.3 Å². The van der Waals surface area contributed by atoms with Crippen LogP contribution in [0.5, 0.6) is 0 Å². The van der Waals surface area contributed by atoms with Crippen LogP contribution in [0, 0.1) is 0 Å². The van der Waals surface area contributed by atoms with Gasteiger partial charge in [0.2, 0.25) is 0 Å². The van der Waals surface area contributed by atoms with E-state index in [0.29, 0.717) is 10.7 Å². The van der Waals surface area contributed by atoms with E-state index in [9.17, 15) is 4.21 Å². The molecule has 0 saturated heterocycles. The third-order valence-corrected chi connectivity index (χ3v) is 2.41. The van der Waals surface area contributed by atoms with Gasteiger partial charge in [-0.1, -0.05) is 12.1 Å². The summed E-state index contributed by atoms with van der Waals surface area (Å²) in [5, 5.41) is 0. The fourth-order valence-corrected chi connectivity index (χ4v) is 1.54. The van der Waals surface area contributed by atoms with E-state index in [0.717, 1.165) is 5.56 Å². The smallest absolute Gasteiger partial charge is 0.186 e. The van der Waals surface area contributed by atoms with Gasteiger partial charge in [-0.15, -0.1) is 0 Å². The summed E-state index contributed by atoms with van der Waals surface area (Å²) >= 11 is -1.96. The van der Waals surface area contributed by atoms with Crippen molar-refractivity contribution in [2.75, 3.05) is 0 Å². The number of oxazole rings is 1. The molecule has 0 aliphatic carbocycles. The molecule has 2 aromatic rings. The summed E-state index contributed by atoms with van der Waals surface area (Å²) in [5.41, 5.74) is 0.738. The lowest BCUT2D eigenvalue weighted by atomic mass is 10.2. The highest BCUT2D eigenvalue weighted by Crippen LogP contribution is 2.20. The number of benzene rings is 1. The van der Waals surface area contributed by atoms with Gasteiger partial charge in [-0.3, -0.25) is 0 Å². The molecule has 0 spiro atoms. The molecule has 1 heterocycles. The van der Waals surface area contributed by atoms with Crippen molar-refractivity contribution in [3.05, 3.63) is 36.9 Å². The zero-order valence-electron chi connectivity index (χ0n) is 7.08. The van der Waals surface area contributed by atoms with Crippen LogP contribution in [0.1, 0.15) is 0 Å². The third kappa shape index (κ3) is 1.73. The Kier molecular flexibility index (Phi) is 2.43. The fraction of sp³-hybridized carbons (Fsp3) is 0. The van der Waals surface area contributed by atoms with Crippen LogP contribution >= 0.6 is 0 Å². The third-order valence-electron chi connectivity index (χ3n) is 1.75. The first-order chi connectivity index (χ1) is 6.77. The second-order valence-corrected chi connectivity index (χ2v) is 3.61. The Hall–Kier alpha value is -1.46.